The van der Waals surface area contributed by atoms with Crippen molar-refractivity contribution in [2.45, 2.75) is 116 Å². The lowest BCUT2D eigenvalue weighted by Gasteiger charge is -2.12. The number of methoxy groups -OCH3 is 2. The number of carbonyl (C=O) groups excluding carboxylic acids is 1. The molecule has 32 heavy (non-hydrogen) atoms. The van der Waals surface area contributed by atoms with Crippen LogP contribution in [-0.4, -0.2) is 25.3 Å². The molecule has 0 saturated heterocycles. The summed E-state index contributed by atoms with van der Waals surface area (Å²) >= 11 is 0. The third-order valence-electron chi connectivity index (χ3n) is 5.92. The second-order valence-electron chi connectivity index (χ2n) is 8.70. The summed E-state index contributed by atoms with van der Waals surface area (Å²) in [6.07, 6.45) is 21.3. The third kappa shape index (κ3) is 12.8. The second kappa shape index (κ2) is 18.6. The Morgan fingerprint density at radius 1 is 0.656 bits per heavy atom. The third-order valence-corrected chi connectivity index (χ3v) is 5.92. The van der Waals surface area contributed by atoms with Gasteiger partial charge in [-0.3, -0.25) is 4.79 Å². The summed E-state index contributed by atoms with van der Waals surface area (Å²) in [7, 11) is 2.91. The molecule has 1 rings (SSSR count). The zero-order chi connectivity index (χ0) is 23.4. The molecular weight excluding hydrogens is 404 g/mol. The highest BCUT2D eigenvalue weighted by Gasteiger charge is 2.15. The van der Waals surface area contributed by atoms with E-state index in [1.54, 1.807) is 0 Å². The largest absolute Gasteiger partial charge is 0.504 e. The molecule has 0 saturated carbocycles. The summed E-state index contributed by atoms with van der Waals surface area (Å²) in [6.45, 7) is 2.27. The van der Waals surface area contributed by atoms with Crippen molar-refractivity contribution in [2.24, 2.45) is 0 Å². The van der Waals surface area contributed by atoms with Crippen molar-refractivity contribution in [1.82, 2.24) is 0 Å². The van der Waals surface area contributed by atoms with Crippen molar-refractivity contribution in [3.63, 3.8) is 0 Å². The topological polar surface area (TPSA) is 65.0 Å². The fourth-order valence-electron chi connectivity index (χ4n) is 3.92. The fraction of sp³-hybridized carbons (Fsp3) is 0.741. The minimum absolute atomic E-state index is 0.0537. The normalized spacial score (nSPS) is 10.8. The lowest BCUT2D eigenvalue weighted by molar-refractivity contribution is -0.134. The lowest BCUT2D eigenvalue weighted by atomic mass is 10.0. The van der Waals surface area contributed by atoms with Crippen molar-refractivity contribution in [1.29, 1.82) is 0 Å². The Morgan fingerprint density at radius 2 is 1.09 bits per heavy atom. The molecule has 0 aliphatic heterocycles. The van der Waals surface area contributed by atoms with Gasteiger partial charge >= 0.3 is 5.97 Å². The van der Waals surface area contributed by atoms with Crippen molar-refractivity contribution >= 4 is 5.97 Å². The van der Waals surface area contributed by atoms with Crippen LogP contribution in [-0.2, 0) is 4.79 Å². The van der Waals surface area contributed by atoms with E-state index in [1.165, 1.54) is 116 Å². The highest BCUT2D eigenvalue weighted by Crippen LogP contribution is 2.38. The van der Waals surface area contributed by atoms with Crippen LogP contribution in [0.5, 0.6) is 23.0 Å². The monoisotopic (exact) mass is 450 g/mol. The molecule has 5 nitrogen and oxygen atoms in total. The first-order valence-corrected chi connectivity index (χ1v) is 12.8. The smallest absolute Gasteiger partial charge is 0.311 e. The number of hydrogen-bond donors (Lipinski definition) is 1. The quantitative estimate of drug-likeness (QED) is 0.124. The average molecular weight is 451 g/mol. The van der Waals surface area contributed by atoms with E-state index in [2.05, 4.69) is 6.92 Å². The van der Waals surface area contributed by atoms with Crippen molar-refractivity contribution in [3.05, 3.63) is 12.1 Å². The van der Waals surface area contributed by atoms with Crippen molar-refractivity contribution < 1.29 is 24.1 Å². The Kier molecular flexibility index (Phi) is 16.4. The summed E-state index contributed by atoms with van der Waals surface area (Å²) in [5.74, 6) is 0.478. The molecule has 0 atom stereocenters. The molecule has 0 heterocycles. The summed E-state index contributed by atoms with van der Waals surface area (Å²) < 4.78 is 15.6. The van der Waals surface area contributed by atoms with Gasteiger partial charge in [-0.15, -0.1) is 0 Å². The maximum Gasteiger partial charge on any atom is 0.311 e. The van der Waals surface area contributed by atoms with Crippen LogP contribution in [0.25, 0.3) is 0 Å². The molecule has 1 aromatic carbocycles. The van der Waals surface area contributed by atoms with Crippen molar-refractivity contribution in [3.8, 4) is 23.0 Å². The van der Waals surface area contributed by atoms with Crippen LogP contribution in [0.2, 0.25) is 0 Å². The Bertz CT molecular complexity index is 614. The first-order valence-electron chi connectivity index (χ1n) is 12.8. The standard InChI is InChI=1S/C27H46O5/c1-4-5-6-7-8-9-10-11-12-13-14-15-16-17-18-19-20-27(29)32-26-22-24(30-2)23(28)21-25(26)31-3/h21-22,28H,4-20H2,1-3H3. The van der Waals surface area contributed by atoms with Gasteiger partial charge in [0.05, 0.1) is 14.2 Å². The van der Waals surface area contributed by atoms with Gasteiger partial charge in [-0.1, -0.05) is 103 Å². The van der Waals surface area contributed by atoms with Crippen LogP contribution in [0, 0.1) is 0 Å². The number of rotatable bonds is 20. The number of unbranched alkanes of at least 4 members (excludes halogenated alkanes) is 15. The highest BCUT2D eigenvalue weighted by atomic mass is 16.6. The lowest BCUT2D eigenvalue weighted by Crippen LogP contribution is -2.08. The van der Waals surface area contributed by atoms with Gasteiger partial charge < -0.3 is 19.3 Å². The Morgan fingerprint density at radius 3 is 1.53 bits per heavy atom. The number of carbonyl (C=O) groups is 1. The van der Waals surface area contributed by atoms with Crippen molar-refractivity contribution in [2.75, 3.05) is 14.2 Å². The van der Waals surface area contributed by atoms with Gasteiger partial charge in [0.25, 0.3) is 0 Å². The number of hydrogen-bond acceptors (Lipinski definition) is 5. The van der Waals surface area contributed by atoms with Gasteiger partial charge in [0.1, 0.15) is 0 Å². The van der Waals surface area contributed by atoms with E-state index in [0.717, 1.165) is 12.8 Å². The van der Waals surface area contributed by atoms with Crippen LogP contribution in [0.1, 0.15) is 116 Å². The van der Waals surface area contributed by atoms with Crippen LogP contribution in [0.4, 0.5) is 0 Å². The zero-order valence-electron chi connectivity index (χ0n) is 20.8. The Hall–Kier alpha value is -1.91. The molecule has 184 valence electrons. The summed E-state index contributed by atoms with van der Waals surface area (Å²) in [5.41, 5.74) is 0. The number of benzene rings is 1. The fourth-order valence-corrected chi connectivity index (χ4v) is 3.92. The van der Waals surface area contributed by atoms with Crippen LogP contribution in [0.15, 0.2) is 12.1 Å². The number of phenolic OH excluding ortho intramolecular Hbond substituents is 1. The average Bonchev–Trinajstić information content (AvgIpc) is 2.79. The zero-order valence-corrected chi connectivity index (χ0v) is 20.8. The molecule has 1 aromatic rings. The van der Waals surface area contributed by atoms with E-state index in [4.69, 9.17) is 14.2 Å². The minimum Gasteiger partial charge on any atom is -0.504 e. The molecule has 1 N–H and O–H groups in total. The van der Waals surface area contributed by atoms with Crippen LogP contribution in [0.3, 0.4) is 0 Å². The number of phenols is 1. The Balaban J connectivity index is 1.99. The predicted molar refractivity (Wildman–Crippen MR) is 131 cm³/mol. The van der Waals surface area contributed by atoms with Crippen LogP contribution < -0.4 is 14.2 Å². The molecule has 0 amide bonds. The maximum absolute atomic E-state index is 12.1. The predicted octanol–water partition coefficient (Wildman–Crippen LogP) is 7.97. The molecule has 0 aromatic heterocycles. The summed E-state index contributed by atoms with van der Waals surface area (Å²) in [6, 6.07) is 2.86. The van der Waals surface area contributed by atoms with E-state index in [1.807, 2.05) is 0 Å². The Labute approximate surface area is 195 Å². The highest BCUT2D eigenvalue weighted by molar-refractivity contribution is 5.74. The van der Waals surface area contributed by atoms with Gasteiger partial charge in [-0.25, -0.2) is 0 Å². The van der Waals surface area contributed by atoms with Gasteiger partial charge in [0.2, 0.25) is 0 Å². The maximum atomic E-state index is 12.1. The molecule has 0 aliphatic carbocycles. The minimum atomic E-state index is -0.290. The number of ether oxygens (including phenoxy) is 3. The second-order valence-corrected chi connectivity index (χ2v) is 8.70. The van der Waals surface area contributed by atoms with Gasteiger partial charge in [0.15, 0.2) is 23.0 Å². The van der Waals surface area contributed by atoms with E-state index in [-0.39, 0.29) is 23.2 Å². The van der Waals surface area contributed by atoms with E-state index in [0.29, 0.717) is 12.2 Å². The molecule has 0 spiro atoms. The van der Waals surface area contributed by atoms with E-state index >= 15 is 0 Å². The summed E-state index contributed by atoms with van der Waals surface area (Å²) in [5, 5.41) is 9.79. The SMILES string of the molecule is CCCCCCCCCCCCCCCCCCC(=O)Oc1cc(OC)c(O)cc1OC. The first kappa shape index (κ1) is 28.1. The molecular formula is C27H46O5. The molecule has 0 radical (unpaired) electrons. The molecule has 5 heteroatoms. The van der Waals surface area contributed by atoms with E-state index in [9.17, 15) is 9.90 Å². The van der Waals surface area contributed by atoms with E-state index < -0.39 is 0 Å². The first-order chi connectivity index (χ1) is 15.6. The van der Waals surface area contributed by atoms with Gasteiger partial charge in [-0.2, -0.15) is 0 Å². The van der Waals surface area contributed by atoms with Crippen LogP contribution >= 0.6 is 0 Å². The van der Waals surface area contributed by atoms with Gasteiger partial charge in [0, 0.05) is 18.6 Å². The molecule has 0 aliphatic rings. The number of esters is 1. The number of aromatic hydroxyl groups is 1. The summed E-state index contributed by atoms with van der Waals surface area (Å²) in [4.78, 5) is 12.1. The molecule has 0 fully saturated rings. The molecule has 0 unspecified atom stereocenters. The van der Waals surface area contributed by atoms with Gasteiger partial charge in [-0.05, 0) is 6.42 Å². The molecule has 0 bridgehead atoms.